The highest BCUT2D eigenvalue weighted by Crippen LogP contribution is 2.23. The molecule has 1 aliphatic rings. The van der Waals surface area contributed by atoms with Crippen LogP contribution < -0.4 is 5.32 Å². The maximum Gasteiger partial charge on any atom is 0.270 e. The lowest BCUT2D eigenvalue weighted by atomic mass is 10.0. The van der Waals surface area contributed by atoms with Gasteiger partial charge in [-0.2, -0.15) is 5.10 Å². The highest BCUT2D eigenvalue weighted by molar-refractivity contribution is 6.30. The minimum atomic E-state index is -0.216. The standard InChI is InChI=1S/C14H12ClN3O2/c1-8(19)12-11-5-6-16-14(20)13(11)18(17-12)10-4-2-3-9(15)7-10/h2-4,7H,5-6H2,1H3,(H,16,20). The van der Waals surface area contributed by atoms with Crippen molar-refractivity contribution >= 4 is 23.3 Å². The van der Waals surface area contributed by atoms with Crippen molar-refractivity contribution in [3.05, 3.63) is 46.2 Å². The normalized spacial score (nSPS) is 13.8. The van der Waals surface area contributed by atoms with Gasteiger partial charge in [0.2, 0.25) is 0 Å². The van der Waals surface area contributed by atoms with Gasteiger partial charge in [0.25, 0.3) is 5.91 Å². The number of carbonyl (C=O) groups is 2. The highest BCUT2D eigenvalue weighted by Gasteiger charge is 2.28. The van der Waals surface area contributed by atoms with Crippen LogP contribution in [0.4, 0.5) is 0 Å². The first-order valence-electron chi connectivity index (χ1n) is 6.25. The molecule has 0 radical (unpaired) electrons. The van der Waals surface area contributed by atoms with Crippen molar-refractivity contribution in [3.8, 4) is 5.69 Å². The Bertz CT molecular complexity index is 721. The Hall–Kier alpha value is -2.14. The molecule has 1 N–H and O–H groups in total. The van der Waals surface area contributed by atoms with E-state index in [-0.39, 0.29) is 11.7 Å². The third-order valence-electron chi connectivity index (χ3n) is 3.25. The van der Waals surface area contributed by atoms with Gasteiger partial charge >= 0.3 is 0 Å². The third kappa shape index (κ3) is 2.00. The van der Waals surface area contributed by atoms with Gasteiger partial charge in [0.15, 0.2) is 5.78 Å². The molecule has 0 saturated heterocycles. The van der Waals surface area contributed by atoms with E-state index in [0.29, 0.717) is 40.6 Å². The van der Waals surface area contributed by atoms with E-state index in [1.54, 1.807) is 24.3 Å². The topological polar surface area (TPSA) is 64.0 Å². The number of amides is 1. The van der Waals surface area contributed by atoms with Gasteiger partial charge in [0.05, 0.1) is 5.69 Å². The molecule has 0 saturated carbocycles. The van der Waals surface area contributed by atoms with Crippen LogP contribution >= 0.6 is 11.6 Å². The summed E-state index contributed by atoms with van der Waals surface area (Å²) in [5.41, 5.74) is 2.15. The summed E-state index contributed by atoms with van der Waals surface area (Å²) in [5, 5.41) is 7.62. The van der Waals surface area contributed by atoms with Crippen LogP contribution in [0.15, 0.2) is 24.3 Å². The number of benzene rings is 1. The molecule has 1 amide bonds. The quantitative estimate of drug-likeness (QED) is 0.860. The molecule has 2 heterocycles. The molecule has 0 bridgehead atoms. The molecular weight excluding hydrogens is 278 g/mol. The Morgan fingerprint density at radius 2 is 2.25 bits per heavy atom. The second kappa shape index (κ2) is 4.76. The van der Waals surface area contributed by atoms with E-state index in [9.17, 15) is 9.59 Å². The molecule has 6 heteroatoms. The van der Waals surface area contributed by atoms with Gasteiger partial charge in [-0.1, -0.05) is 17.7 Å². The Kier molecular flexibility index (Phi) is 3.06. The van der Waals surface area contributed by atoms with Gasteiger partial charge in [-0.25, -0.2) is 4.68 Å². The molecule has 1 aliphatic heterocycles. The van der Waals surface area contributed by atoms with Crippen molar-refractivity contribution in [2.45, 2.75) is 13.3 Å². The lowest BCUT2D eigenvalue weighted by Crippen LogP contribution is -2.33. The average Bonchev–Trinajstić information content (AvgIpc) is 2.80. The minimum absolute atomic E-state index is 0.142. The zero-order valence-electron chi connectivity index (χ0n) is 10.8. The summed E-state index contributed by atoms with van der Waals surface area (Å²) in [4.78, 5) is 23.8. The van der Waals surface area contributed by atoms with Crippen molar-refractivity contribution in [1.82, 2.24) is 15.1 Å². The predicted octanol–water partition coefficient (Wildman–Crippen LogP) is 2.01. The molecular formula is C14H12ClN3O2. The third-order valence-corrected chi connectivity index (χ3v) is 3.48. The summed E-state index contributed by atoms with van der Waals surface area (Å²) in [6, 6.07) is 7.03. The van der Waals surface area contributed by atoms with Gasteiger partial charge < -0.3 is 5.32 Å². The number of ketones is 1. The van der Waals surface area contributed by atoms with E-state index in [1.165, 1.54) is 11.6 Å². The first-order valence-corrected chi connectivity index (χ1v) is 6.62. The van der Waals surface area contributed by atoms with E-state index >= 15 is 0 Å². The lowest BCUT2D eigenvalue weighted by Gasteiger charge is -2.14. The van der Waals surface area contributed by atoms with Gasteiger partial charge in [0.1, 0.15) is 11.4 Å². The number of carbonyl (C=O) groups excluding carboxylic acids is 2. The van der Waals surface area contributed by atoms with E-state index < -0.39 is 0 Å². The molecule has 20 heavy (non-hydrogen) atoms. The van der Waals surface area contributed by atoms with Gasteiger partial charge in [-0.05, 0) is 24.6 Å². The van der Waals surface area contributed by atoms with Crippen molar-refractivity contribution in [2.24, 2.45) is 0 Å². The Balaban J connectivity index is 2.26. The monoisotopic (exact) mass is 289 g/mol. The predicted molar refractivity (Wildman–Crippen MR) is 74.6 cm³/mol. The molecule has 1 aromatic carbocycles. The SMILES string of the molecule is CC(=O)c1nn(-c2cccc(Cl)c2)c2c1CCNC2=O. The smallest absolute Gasteiger partial charge is 0.270 e. The van der Waals surface area contributed by atoms with Crippen LogP contribution in [0.1, 0.15) is 33.5 Å². The molecule has 2 aromatic rings. The fraction of sp³-hybridized carbons (Fsp3) is 0.214. The van der Waals surface area contributed by atoms with E-state index in [0.717, 1.165) is 0 Å². The number of halogens is 1. The molecule has 0 atom stereocenters. The van der Waals surface area contributed by atoms with Crippen LogP contribution in [-0.4, -0.2) is 28.0 Å². The number of aromatic nitrogens is 2. The number of nitrogens with one attached hydrogen (secondary N) is 1. The Morgan fingerprint density at radius 1 is 1.45 bits per heavy atom. The number of nitrogens with zero attached hydrogens (tertiary/aromatic N) is 2. The molecule has 5 nitrogen and oxygen atoms in total. The molecule has 0 aliphatic carbocycles. The zero-order valence-corrected chi connectivity index (χ0v) is 11.6. The maximum absolute atomic E-state index is 12.1. The Morgan fingerprint density at radius 3 is 2.95 bits per heavy atom. The largest absolute Gasteiger partial charge is 0.350 e. The lowest BCUT2D eigenvalue weighted by molar-refractivity contribution is 0.0938. The van der Waals surface area contributed by atoms with Crippen molar-refractivity contribution in [2.75, 3.05) is 6.54 Å². The first-order chi connectivity index (χ1) is 9.58. The number of hydrogen-bond acceptors (Lipinski definition) is 3. The molecule has 0 spiro atoms. The van der Waals surface area contributed by atoms with E-state index in [4.69, 9.17) is 11.6 Å². The van der Waals surface area contributed by atoms with Crippen LogP contribution in [0.2, 0.25) is 5.02 Å². The molecule has 102 valence electrons. The van der Waals surface area contributed by atoms with E-state index in [2.05, 4.69) is 10.4 Å². The van der Waals surface area contributed by atoms with Gasteiger partial charge in [-0.15, -0.1) is 0 Å². The molecule has 3 rings (SSSR count). The summed E-state index contributed by atoms with van der Waals surface area (Å²) in [6.45, 7) is 1.98. The summed E-state index contributed by atoms with van der Waals surface area (Å²) in [7, 11) is 0. The second-order valence-corrected chi connectivity index (χ2v) is 5.07. The zero-order chi connectivity index (χ0) is 14.3. The molecule has 1 aromatic heterocycles. The molecule has 0 fully saturated rings. The summed E-state index contributed by atoms with van der Waals surface area (Å²) in [6.07, 6.45) is 0.608. The number of Topliss-reactive ketones (excluding diaryl/α,β-unsaturated/α-hetero) is 1. The van der Waals surface area contributed by atoms with Crippen LogP contribution in [0.3, 0.4) is 0 Å². The fourth-order valence-electron chi connectivity index (χ4n) is 2.38. The summed E-state index contributed by atoms with van der Waals surface area (Å²) in [5.74, 6) is -0.358. The van der Waals surface area contributed by atoms with Crippen LogP contribution in [-0.2, 0) is 6.42 Å². The second-order valence-electron chi connectivity index (χ2n) is 4.63. The van der Waals surface area contributed by atoms with Crippen molar-refractivity contribution in [3.63, 3.8) is 0 Å². The first kappa shape index (κ1) is 12.9. The van der Waals surface area contributed by atoms with Crippen LogP contribution in [0.25, 0.3) is 5.69 Å². The average molecular weight is 290 g/mol. The van der Waals surface area contributed by atoms with Crippen molar-refractivity contribution < 1.29 is 9.59 Å². The summed E-state index contributed by atoms with van der Waals surface area (Å²) >= 11 is 5.98. The minimum Gasteiger partial charge on any atom is -0.350 e. The van der Waals surface area contributed by atoms with E-state index in [1.807, 2.05) is 0 Å². The number of rotatable bonds is 2. The highest BCUT2D eigenvalue weighted by atomic mass is 35.5. The Labute approximate surface area is 120 Å². The van der Waals surface area contributed by atoms with Gasteiger partial charge in [0, 0.05) is 24.1 Å². The number of fused-ring (bicyclic) bond motifs is 1. The van der Waals surface area contributed by atoms with Crippen LogP contribution in [0.5, 0.6) is 0 Å². The van der Waals surface area contributed by atoms with Gasteiger partial charge in [-0.3, -0.25) is 9.59 Å². The number of hydrogen-bond donors (Lipinski definition) is 1. The fourth-order valence-corrected chi connectivity index (χ4v) is 2.57. The molecule has 0 unspecified atom stereocenters. The van der Waals surface area contributed by atoms with Crippen LogP contribution in [0, 0.1) is 0 Å². The maximum atomic E-state index is 12.1. The summed E-state index contributed by atoms with van der Waals surface area (Å²) < 4.78 is 1.49. The van der Waals surface area contributed by atoms with Crippen molar-refractivity contribution in [1.29, 1.82) is 0 Å².